The van der Waals surface area contributed by atoms with Gasteiger partial charge in [0, 0.05) is 24.0 Å². The molecule has 0 amide bonds. The van der Waals surface area contributed by atoms with Crippen molar-refractivity contribution in [1.29, 1.82) is 0 Å². The van der Waals surface area contributed by atoms with E-state index in [-0.39, 0.29) is 6.04 Å². The first-order valence-corrected chi connectivity index (χ1v) is 8.46. The molecule has 1 aliphatic heterocycles. The second-order valence-corrected chi connectivity index (χ2v) is 6.45. The van der Waals surface area contributed by atoms with Crippen LogP contribution in [0.3, 0.4) is 0 Å². The van der Waals surface area contributed by atoms with Crippen LogP contribution < -0.4 is 14.8 Å². The maximum atomic E-state index is 6.32. The first-order valence-electron chi connectivity index (χ1n) is 7.70. The highest BCUT2D eigenvalue weighted by atomic mass is 35.5. The molecule has 1 atom stereocenters. The van der Waals surface area contributed by atoms with Crippen LogP contribution in [0.2, 0.25) is 10.0 Å². The molecule has 1 unspecified atom stereocenters. The van der Waals surface area contributed by atoms with E-state index in [2.05, 4.69) is 12.2 Å². The van der Waals surface area contributed by atoms with Crippen molar-refractivity contribution in [2.24, 2.45) is 0 Å². The Morgan fingerprint density at radius 2 is 1.83 bits per heavy atom. The SMILES string of the molecule is CC(NCc1cc(Cl)c2c(c1)OCCCO2)c1ccc(Cl)cc1. The summed E-state index contributed by atoms with van der Waals surface area (Å²) in [5.74, 6) is 1.38. The van der Waals surface area contributed by atoms with Gasteiger partial charge in [-0.3, -0.25) is 0 Å². The lowest BCUT2D eigenvalue weighted by molar-refractivity contribution is 0.297. The van der Waals surface area contributed by atoms with Gasteiger partial charge in [0.1, 0.15) is 0 Å². The van der Waals surface area contributed by atoms with Crippen LogP contribution in [-0.4, -0.2) is 13.2 Å². The smallest absolute Gasteiger partial charge is 0.179 e. The number of benzene rings is 2. The van der Waals surface area contributed by atoms with E-state index >= 15 is 0 Å². The van der Waals surface area contributed by atoms with Crippen molar-refractivity contribution < 1.29 is 9.47 Å². The van der Waals surface area contributed by atoms with Crippen molar-refractivity contribution in [3.05, 3.63) is 57.6 Å². The van der Waals surface area contributed by atoms with Gasteiger partial charge in [-0.05, 0) is 42.3 Å². The highest BCUT2D eigenvalue weighted by Crippen LogP contribution is 2.38. The fraction of sp³-hybridized carbons (Fsp3) is 0.333. The fourth-order valence-electron chi connectivity index (χ4n) is 2.53. The third kappa shape index (κ3) is 4.11. The van der Waals surface area contributed by atoms with Crippen LogP contribution in [-0.2, 0) is 6.54 Å². The van der Waals surface area contributed by atoms with Crippen LogP contribution in [0.15, 0.2) is 36.4 Å². The standard InChI is InChI=1S/C18H19Cl2NO2/c1-12(14-3-5-15(19)6-4-14)21-11-13-9-16(20)18-17(10-13)22-7-2-8-23-18/h3-6,9-10,12,21H,2,7-8,11H2,1H3. The molecule has 0 aromatic heterocycles. The van der Waals surface area contributed by atoms with Gasteiger partial charge in [0.15, 0.2) is 11.5 Å². The van der Waals surface area contributed by atoms with E-state index in [1.807, 2.05) is 36.4 Å². The third-order valence-corrected chi connectivity index (χ3v) is 4.38. The largest absolute Gasteiger partial charge is 0.489 e. The van der Waals surface area contributed by atoms with Crippen LogP contribution in [0.25, 0.3) is 0 Å². The summed E-state index contributed by atoms with van der Waals surface area (Å²) in [6.45, 7) is 4.10. The van der Waals surface area contributed by atoms with E-state index < -0.39 is 0 Å². The molecule has 1 aliphatic rings. The van der Waals surface area contributed by atoms with Gasteiger partial charge in [-0.25, -0.2) is 0 Å². The molecule has 1 N–H and O–H groups in total. The molecule has 23 heavy (non-hydrogen) atoms. The Balaban J connectivity index is 1.69. The van der Waals surface area contributed by atoms with Gasteiger partial charge in [0.25, 0.3) is 0 Å². The van der Waals surface area contributed by atoms with Gasteiger partial charge >= 0.3 is 0 Å². The number of nitrogens with one attached hydrogen (secondary N) is 1. The number of hydrogen-bond acceptors (Lipinski definition) is 3. The molecule has 2 aromatic rings. The predicted molar refractivity (Wildman–Crippen MR) is 93.8 cm³/mol. The Morgan fingerprint density at radius 3 is 2.61 bits per heavy atom. The van der Waals surface area contributed by atoms with Crippen molar-refractivity contribution in [2.75, 3.05) is 13.2 Å². The zero-order chi connectivity index (χ0) is 16.2. The maximum absolute atomic E-state index is 6.32. The first-order chi connectivity index (χ1) is 11.1. The summed E-state index contributed by atoms with van der Waals surface area (Å²) >= 11 is 12.2. The zero-order valence-electron chi connectivity index (χ0n) is 12.9. The Morgan fingerprint density at radius 1 is 1.09 bits per heavy atom. The third-order valence-electron chi connectivity index (χ3n) is 3.84. The molecule has 0 aliphatic carbocycles. The van der Waals surface area contributed by atoms with E-state index in [1.165, 1.54) is 5.56 Å². The normalized spacial score (nSPS) is 15.1. The highest BCUT2D eigenvalue weighted by molar-refractivity contribution is 6.32. The van der Waals surface area contributed by atoms with E-state index in [1.54, 1.807) is 0 Å². The Labute approximate surface area is 146 Å². The van der Waals surface area contributed by atoms with Crippen molar-refractivity contribution in [3.63, 3.8) is 0 Å². The molecule has 2 aromatic carbocycles. The fourth-order valence-corrected chi connectivity index (χ4v) is 2.94. The number of ether oxygens (including phenoxy) is 2. The van der Waals surface area contributed by atoms with E-state index in [0.717, 1.165) is 22.8 Å². The number of hydrogen-bond donors (Lipinski definition) is 1. The lowest BCUT2D eigenvalue weighted by Gasteiger charge is -2.16. The van der Waals surface area contributed by atoms with Gasteiger partial charge in [-0.2, -0.15) is 0 Å². The van der Waals surface area contributed by atoms with Crippen molar-refractivity contribution in [1.82, 2.24) is 5.32 Å². The van der Waals surface area contributed by atoms with Gasteiger partial charge in [0.05, 0.1) is 18.2 Å². The molecule has 0 fully saturated rings. The van der Waals surface area contributed by atoms with Crippen molar-refractivity contribution >= 4 is 23.2 Å². The van der Waals surface area contributed by atoms with Crippen LogP contribution in [0.1, 0.15) is 30.5 Å². The average molecular weight is 352 g/mol. The second-order valence-electron chi connectivity index (χ2n) is 5.61. The Hall–Kier alpha value is -1.42. The number of rotatable bonds is 4. The minimum absolute atomic E-state index is 0.210. The Bertz CT molecular complexity index is 673. The quantitative estimate of drug-likeness (QED) is 0.839. The average Bonchev–Trinajstić information content (AvgIpc) is 2.79. The van der Waals surface area contributed by atoms with Crippen LogP contribution in [0, 0.1) is 0 Å². The van der Waals surface area contributed by atoms with Crippen molar-refractivity contribution in [2.45, 2.75) is 25.9 Å². The summed E-state index contributed by atoms with van der Waals surface area (Å²) in [7, 11) is 0. The zero-order valence-corrected chi connectivity index (χ0v) is 14.5. The summed E-state index contributed by atoms with van der Waals surface area (Å²) in [5, 5.41) is 4.83. The molecule has 3 rings (SSSR count). The maximum Gasteiger partial charge on any atom is 0.179 e. The molecular weight excluding hydrogens is 333 g/mol. The second kappa shape index (κ2) is 7.43. The number of fused-ring (bicyclic) bond motifs is 1. The Kier molecular flexibility index (Phi) is 5.31. The van der Waals surface area contributed by atoms with Gasteiger partial charge < -0.3 is 14.8 Å². The predicted octanol–water partition coefficient (Wildman–Crippen LogP) is 5.01. The lowest BCUT2D eigenvalue weighted by Crippen LogP contribution is -2.18. The summed E-state index contributed by atoms with van der Waals surface area (Å²) in [6.07, 6.45) is 0.867. The monoisotopic (exact) mass is 351 g/mol. The number of halogens is 2. The molecule has 0 saturated heterocycles. The van der Waals surface area contributed by atoms with Gasteiger partial charge in [-0.15, -0.1) is 0 Å². The topological polar surface area (TPSA) is 30.5 Å². The summed E-state index contributed by atoms with van der Waals surface area (Å²) in [6, 6.07) is 12.0. The molecule has 122 valence electrons. The van der Waals surface area contributed by atoms with E-state index in [4.69, 9.17) is 32.7 Å². The molecule has 0 spiro atoms. The molecule has 3 nitrogen and oxygen atoms in total. The minimum atomic E-state index is 0.210. The highest BCUT2D eigenvalue weighted by Gasteiger charge is 2.16. The summed E-state index contributed by atoms with van der Waals surface area (Å²) in [4.78, 5) is 0. The molecule has 0 bridgehead atoms. The lowest BCUT2D eigenvalue weighted by atomic mass is 10.1. The summed E-state index contributed by atoms with van der Waals surface area (Å²) in [5.41, 5.74) is 2.26. The molecular formula is C18H19Cl2NO2. The molecule has 5 heteroatoms. The van der Waals surface area contributed by atoms with E-state index in [9.17, 15) is 0 Å². The van der Waals surface area contributed by atoms with Crippen molar-refractivity contribution in [3.8, 4) is 11.5 Å². The van der Waals surface area contributed by atoms with E-state index in [0.29, 0.717) is 30.5 Å². The van der Waals surface area contributed by atoms with Gasteiger partial charge in [0.2, 0.25) is 0 Å². The molecule has 0 radical (unpaired) electrons. The van der Waals surface area contributed by atoms with Gasteiger partial charge in [-0.1, -0.05) is 35.3 Å². The van der Waals surface area contributed by atoms with Crippen LogP contribution in [0.5, 0.6) is 11.5 Å². The first kappa shape index (κ1) is 16.4. The minimum Gasteiger partial charge on any atom is -0.489 e. The van der Waals surface area contributed by atoms with Crippen LogP contribution in [0.4, 0.5) is 0 Å². The van der Waals surface area contributed by atoms with Crippen LogP contribution >= 0.6 is 23.2 Å². The summed E-state index contributed by atoms with van der Waals surface area (Å²) < 4.78 is 11.4. The molecule has 1 heterocycles. The molecule has 0 saturated carbocycles.